The van der Waals surface area contributed by atoms with Gasteiger partial charge in [-0.2, -0.15) is 0 Å². The van der Waals surface area contributed by atoms with Crippen LogP contribution in [-0.2, 0) is 4.74 Å². The lowest BCUT2D eigenvalue weighted by molar-refractivity contribution is 0.0669. The summed E-state index contributed by atoms with van der Waals surface area (Å²) in [5.74, 6) is 1.25. The molecule has 5 nitrogen and oxygen atoms in total. The molecule has 5 rings (SSSR count). The molecule has 1 aliphatic heterocycles. The summed E-state index contributed by atoms with van der Waals surface area (Å²) in [6, 6.07) is 11.7. The summed E-state index contributed by atoms with van der Waals surface area (Å²) >= 11 is 0. The molecular formula is C19H17N3O2. The fourth-order valence-electron chi connectivity index (χ4n) is 4.23. The normalized spacial score (nSPS) is 24.5. The van der Waals surface area contributed by atoms with Crippen molar-refractivity contribution >= 4 is 10.9 Å². The maximum Gasteiger partial charge on any atom is 0.261 e. The van der Waals surface area contributed by atoms with Gasteiger partial charge in [-0.1, -0.05) is 12.1 Å². The number of hydrogen-bond acceptors (Lipinski definition) is 4. The first-order valence-corrected chi connectivity index (χ1v) is 8.26. The fraction of sp³-hybridized carbons (Fsp3) is 0.316. The highest BCUT2D eigenvalue weighted by Gasteiger charge is 2.46. The lowest BCUT2D eigenvalue weighted by Gasteiger charge is -2.24. The van der Waals surface area contributed by atoms with Gasteiger partial charge < -0.3 is 4.74 Å². The molecule has 0 N–H and O–H groups in total. The van der Waals surface area contributed by atoms with E-state index < -0.39 is 0 Å². The minimum atomic E-state index is 0.0526. The van der Waals surface area contributed by atoms with Gasteiger partial charge >= 0.3 is 0 Å². The van der Waals surface area contributed by atoms with E-state index in [9.17, 15) is 4.79 Å². The molecule has 1 aromatic carbocycles. The standard InChI is InChI=1S/C19H17N3O2/c1-24-17-10-12-9-16(17)22-18(12)21-15-8-11(5-6-13(15)19(22)23)14-4-2-3-7-20-14/h2-8,12,16-17H,9-10H2,1H3/t12-,16+,17+/m1/s1. The number of hydrogen-bond donors (Lipinski definition) is 0. The third kappa shape index (κ3) is 1.82. The summed E-state index contributed by atoms with van der Waals surface area (Å²) in [4.78, 5) is 22.2. The molecule has 2 aliphatic rings. The fourth-order valence-corrected chi connectivity index (χ4v) is 4.23. The molecule has 3 atom stereocenters. The van der Waals surface area contributed by atoms with E-state index in [0.29, 0.717) is 11.3 Å². The second-order valence-electron chi connectivity index (χ2n) is 6.60. The zero-order chi connectivity index (χ0) is 16.3. The first kappa shape index (κ1) is 13.9. The van der Waals surface area contributed by atoms with Crippen molar-refractivity contribution < 1.29 is 4.74 Å². The molecule has 3 aromatic rings. The summed E-state index contributed by atoms with van der Waals surface area (Å²) in [7, 11) is 1.73. The molecular weight excluding hydrogens is 302 g/mol. The number of fused-ring (bicyclic) bond motifs is 6. The topological polar surface area (TPSA) is 57.0 Å². The second-order valence-corrected chi connectivity index (χ2v) is 6.60. The molecule has 120 valence electrons. The van der Waals surface area contributed by atoms with Crippen molar-refractivity contribution in [1.29, 1.82) is 0 Å². The summed E-state index contributed by atoms with van der Waals surface area (Å²) in [5, 5.41) is 0.667. The van der Waals surface area contributed by atoms with E-state index in [2.05, 4.69) is 4.98 Å². The van der Waals surface area contributed by atoms with Gasteiger partial charge in [-0.15, -0.1) is 0 Å². The Morgan fingerprint density at radius 2 is 2.12 bits per heavy atom. The Morgan fingerprint density at radius 1 is 1.21 bits per heavy atom. The molecule has 2 aromatic heterocycles. The van der Waals surface area contributed by atoms with E-state index in [1.165, 1.54) is 0 Å². The molecule has 0 spiro atoms. The molecule has 0 unspecified atom stereocenters. The first-order chi connectivity index (χ1) is 11.8. The van der Waals surface area contributed by atoms with Crippen LogP contribution in [0.15, 0.2) is 47.4 Å². The largest absolute Gasteiger partial charge is 0.379 e. The predicted octanol–water partition coefficient (Wildman–Crippen LogP) is 2.91. The van der Waals surface area contributed by atoms with Crippen LogP contribution in [0.25, 0.3) is 22.2 Å². The van der Waals surface area contributed by atoms with Gasteiger partial charge in [0.15, 0.2) is 0 Å². The van der Waals surface area contributed by atoms with Crippen LogP contribution in [0.2, 0.25) is 0 Å². The zero-order valence-electron chi connectivity index (χ0n) is 13.3. The number of benzene rings is 1. The van der Waals surface area contributed by atoms with Gasteiger partial charge in [-0.25, -0.2) is 4.98 Å². The third-order valence-electron chi connectivity index (χ3n) is 5.36. The van der Waals surface area contributed by atoms with Gasteiger partial charge in [0.05, 0.1) is 28.7 Å². The summed E-state index contributed by atoms with van der Waals surface area (Å²) < 4.78 is 7.42. The van der Waals surface area contributed by atoms with Gasteiger partial charge in [0, 0.05) is 24.8 Å². The molecule has 0 saturated heterocycles. The highest BCUT2D eigenvalue weighted by Crippen LogP contribution is 2.48. The molecule has 1 saturated carbocycles. The number of rotatable bonds is 2. The number of methoxy groups -OCH3 is 1. The molecule has 0 amide bonds. The maximum absolute atomic E-state index is 13.0. The summed E-state index contributed by atoms with van der Waals surface area (Å²) in [6.45, 7) is 0. The van der Waals surface area contributed by atoms with Crippen LogP contribution >= 0.6 is 0 Å². The Labute approximate surface area is 138 Å². The molecule has 1 fully saturated rings. The Kier molecular flexibility index (Phi) is 2.88. The quantitative estimate of drug-likeness (QED) is 0.729. The smallest absolute Gasteiger partial charge is 0.261 e. The van der Waals surface area contributed by atoms with Crippen LogP contribution in [0.3, 0.4) is 0 Å². The van der Waals surface area contributed by atoms with E-state index in [0.717, 1.165) is 35.4 Å². The summed E-state index contributed by atoms with van der Waals surface area (Å²) in [5.41, 5.74) is 2.69. The van der Waals surface area contributed by atoms with E-state index in [1.807, 2.05) is 41.0 Å². The average molecular weight is 319 g/mol. The van der Waals surface area contributed by atoms with Crippen LogP contribution < -0.4 is 5.56 Å². The molecule has 2 bridgehead atoms. The first-order valence-electron chi connectivity index (χ1n) is 8.26. The average Bonchev–Trinajstić information content (AvgIpc) is 3.21. The highest BCUT2D eigenvalue weighted by molar-refractivity contribution is 5.83. The van der Waals surface area contributed by atoms with Crippen LogP contribution in [0, 0.1) is 0 Å². The van der Waals surface area contributed by atoms with Crippen molar-refractivity contribution in [3.05, 3.63) is 58.8 Å². The Morgan fingerprint density at radius 3 is 2.92 bits per heavy atom. The van der Waals surface area contributed by atoms with Crippen molar-refractivity contribution in [1.82, 2.24) is 14.5 Å². The monoisotopic (exact) mass is 319 g/mol. The summed E-state index contributed by atoms with van der Waals surface area (Å²) in [6.07, 6.45) is 3.82. The lowest BCUT2D eigenvalue weighted by Crippen LogP contribution is -2.33. The van der Waals surface area contributed by atoms with Crippen LogP contribution in [0.4, 0.5) is 0 Å². The van der Waals surface area contributed by atoms with E-state index in [-0.39, 0.29) is 17.7 Å². The Balaban J connectivity index is 1.71. The predicted molar refractivity (Wildman–Crippen MR) is 91.0 cm³/mol. The number of aromatic nitrogens is 3. The maximum atomic E-state index is 13.0. The molecule has 24 heavy (non-hydrogen) atoms. The minimum Gasteiger partial charge on any atom is -0.379 e. The molecule has 0 radical (unpaired) electrons. The van der Waals surface area contributed by atoms with E-state index in [1.54, 1.807) is 13.3 Å². The number of pyridine rings is 1. The van der Waals surface area contributed by atoms with Crippen LogP contribution in [-0.4, -0.2) is 27.7 Å². The van der Waals surface area contributed by atoms with Crippen molar-refractivity contribution in [2.75, 3.05) is 7.11 Å². The van der Waals surface area contributed by atoms with Crippen LogP contribution in [0.5, 0.6) is 0 Å². The highest BCUT2D eigenvalue weighted by atomic mass is 16.5. The van der Waals surface area contributed by atoms with Crippen molar-refractivity contribution in [2.45, 2.75) is 30.9 Å². The van der Waals surface area contributed by atoms with Crippen molar-refractivity contribution in [2.24, 2.45) is 0 Å². The van der Waals surface area contributed by atoms with Gasteiger partial charge in [0.2, 0.25) is 0 Å². The molecule has 1 aliphatic carbocycles. The number of ether oxygens (including phenoxy) is 1. The second kappa shape index (κ2) is 4.98. The van der Waals surface area contributed by atoms with Gasteiger partial charge in [0.1, 0.15) is 5.82 Å². The van der Waals surface area contributed by atoms with E-state index in [4.69, 9.17) is 9.72 Å². The van der Waals surface area contributed by atoms with Crippen LogP contribution in [0.1, 0.15) is 30.6 Å². The molecule has 5 heteroatoms. The minimum absolute atomic E-state index is 0.0526. The Bertz CT molecular complexity index is 997. The third-order valence-corrected chi connectivity index (χ3v) is 5.36. The van der Waals surface area contributed by atoms with Gasteiger partial charge in [-0.3, -0.25) is 14.3 Å². The SMILES string of the molecule is CO[C@H]1C[C@H]2C[C@@H]1n1c2nc2cc(-c3ccccn3)ccc2c1=O. The van der Waals surface area contributed by atoms with Crippen molar-refractivity contribution in [3.8, 4) is 11.3 Å². The van der Waals surface area contributed by atoms with E-state index >= 15 is 0 Å². The van der Waals surface area contributed by atoms with Gasteiger partial charge in [-0.05, 0) is 37.1 Å². The van der Waals surface area contributed by atoms with Crippen molar-refractivity contribution in [3.63, 3.8) is 0 Å². The zero-order valence-corrected chi connectivity index (χ0v) is 13.3. The van der Waals surface area contributed by atoms with Gasteiger partial charge in [0.25, 0.3) is 5.56 Å². The molecule has 3 heterocycles. The Hall–Kier alpha value is -2.53. The number of nitrogens with zero attached hydrogens (tertiary/aromatic N) is 3. The lowest BCUT2D eigenvalue weighted by atomic mass is 10.1.